The van der Waals surface area contributed by atoms with E-state index in [-0.39, 0.29) is 5.82 Å². The molecule has 0 amide bonds. The fourth-order valence-corrected chi connectivity index (χ4v) is 1.75. The Labute approximate surface area is 79.1 Å². The number of rotatable bonds is 1. The lowest BCUT2D eigenvalue weighted by molar-refractivity contribution is 0.600. The maximum atomic E-state index is 13.1. The number of hydrogen-bond acceptors (Lipinski definition) is 1. The van der Waals surface area contributed by atoms with Crippen LogP contribution in [0.25, 0.3) is 0 Å². The highest BCUT2D eigenvalue weighted by Crippen LogP contribution is 2.40. The molecule has 0 N–H and O–H groups in total. The summed E-state index contributed by atoms with van der Waals surface area (Å²) in [6, 6.07) is 1.84. The molecule has 12 heavy (non-hydrogen) atoms. The first-order chi connectivity index (χ1) is 5.68. The van der Waals surface area contributed by atoms with Gasteiger partial charge in [-0.25, -0.2) is 9.37 Å². The number of pyridine rings is 1. The third kappa shape index (κ3) is 1.38. The van der Waals surface area contributed by atoms with E-state index in [9.17, 15) is 4.39 Å². The lowest BCUT2D eigenvalue weighted by Crippen LogP contribution is -1.93. The Morgan fingerprint density at radius 3 is 2.75 bits per heavy atom. The standard InChI is InChI=1S/C9H9BrFN/c1-5-4-7(6-2-3-6)12-9(10)8(5)11/h4,6H,2-3H2,1H3. The Balaban J connectivity index is 2.45. The molecule has 1 aliphatic rings. The lowest BCUT2D eigenvalue weighted by Gasteiger charge is -2.02. The molecule has 1 aromatic heterocycles. The van der Waals surface area contributed by atoms with Gasteiger partial charge in [0.2, 0.25) is 0 Å². The van der Waals surface area contributed by atoms with Gasteiger partial charge in [0.15, 0.2) is 5.82 Å². The van der Waals surface area contributed by atoms with Gasteiger partial charge in [-0.1, -0.05) is 0 Å². The second-order valence-corrected chi connectivity index (χ2v) is 3.99. The van der Waals surface area contributed by atoms with Crippen molar-refractivity contribution in [2.24, 2.45) is 0 Å². The van der Waals surface area contributed by atoms with Crippen molar-refractivity contribution in [1.29, 1.82) is 0 Å². The monoisotopic (exact) mass is 229 g/mol. The Morgan fingerprint density at radius 2 is 2.25 bits per heavy atom. The highest BCUT2D eigenvalue weighted by molar-refractivity contribution is 9.10. The first-order valence-corrected chi connectivity index (χ1v) is 4.80. The maximum absolute atomic E-state index is 13.1. The summed E-state index contributed by atoms with van der Waals surface area (Å²) in [6.07, 6.45) is 2.40. The van der Waals surface area contributed by atoms with E-state index in [4.69, 9.17) is 0 Å². The van der Waals surface area contributed by atoms with E-state index in [1.54, 1.807) is 6.92 Å². The summed E-state index contributed by atoms with van der Waals surface area (Å²) in [7, 11) is 0. The molecule has 0 unspecified atom stereocenters. The van der Waals surface area contributed by atoms with E-state index in [0.29, 0.717) is 16.1 Å². The zero-order valence-corrected chi connectivity index (χ0v) is 8.36. The predicted molar refractivity (Wildman–Crippen MR) is 48.6 cm³/mol. The number of aromatic nitrogens is 1. The molecular formula is C9H9BrFN. The molecule has 0 atom stereocenters. The Kier molecular flexibility index (Phi) is 1.91. The van der Waals surface area contributed by atoms with E-state index >= 15 is 0 Å². The predicted octanol–water partition coefficient (Wildman–Crippen LogP) is 3.17. The Hall–Kier alpha value is -0.440. The zero-order valence-electron chi connectivity index (χ0n) is 6.77. The van der Waals surface area contributed by atoms with Gasteiger partial charge in [-0.3, -0.25) is 0 Å². The SMILES string of the molecule is Cc1cc(C2CC2)nc(Br)c1F. The molecule has 3 heteroatoms. The summed E-state index contributed by atoms with van der Waals surface area (Å²) in [5.41, 5.74) is 1.71. The van der Waals surface area contributed by atoms with Crippen molar-refractivity contribution in [1.82, 2.24) is 4.98 Å². The van der Waals surface area contributed by atoms with Gasteiger partial charge < -0.3 is 0 Å². The molecule has 0 spiro atoms. The van der Waals surface area contributed by atoms with E-state index in [1.165, 1.54) is 12.8 Å². The van der Waals surface area contributed by atoms with E-state index in [2.05, 4.69) is 20.9 Å². The fraction of sp³-hybridized carbons (Fsp3) is 0.444. The lowest BCUT2D eigenvalue weighted by atomic mass is 10.2. The van der Waals surface area contributed by atoms with Gasteiger partial charge in [-0.05, 0) is 47.3 Å². The minimum Gasteiger partial charge on any atom is -0.243 e. The molecular weight excluding hydrogens is 221 g/mol. The molecule has 1 nitrogen and oxygen atoms in total. The van der Waals surface area contributed by atoms with Crippen molar-refractivity contribution in [3.8, 4) is 0 Å². The normalized spacial score (nSPS) is 16.6. The minimum atomic E-state index is -0.237. The van der Waals surface area contributed by atoms with Crippen LogP contribution in [0.1, 0.15) is 30.0 Å². The van der Waals surface area contributed by atoms with Crippen molar-refractivity contribution < 1.29 is 4.39 Å². The molecule has 1 heterocycles. The van der Waals surface area contributed by atoms with Crippen molar-refractivity contribution in [2.75, 3.05) is 0 Å². The molecule has 0 saturated heterocycles. The van der Waals surface area contributed by atoms with Gasteiger partial charge >= 0.3 is 0 Å². The average molecular weight is 230 g/mol. The summed E-state index contributed by atoms with van der Waals surface area (Å²) in [5, 5.41) is 0. The van der Waals surface area contributed by atoms with Crippen molar-refractivity contribution >= 4 is 15.9 Å². The van der Waals surface area contributed by atoms with Gasteiger partial charge in [-0.15, -0.1) is 0 Å². The van der Waals surface area contributed by atoms with Crippen molar-refractivity contribution in [3.63, 3.8) is 0 Å². The van der Waals surface area contributed by atoms with E-state index < -0.39 is 0 Å². The number of aryl methyl sites for hydroxylation is 1. The highest BCUT2D eigenvalue weighted by Gasteiger charge is 2.26. The molecule has 1 fully saturated rings. The van der Waals surface area contributed by atoms with Crippen LogP contribution in [0.5, 0.6) is 0 Å². The fourth-order valence-electron chi connectivity index (χ4n) is 1.23. The van der Waals surface area contributed by atoms with Gasteiger partial charge in [0.25, 0.3) is 0 Å². The van der Waals surface area contributed by atoms with Crippen LogP contribution < -0.4 is 0 Å². The van der Waals surface area contributed by atoms with Gasteiger partial charge in [-0.2, -0.15) is 0 Å². The summed E-state index contributed by atoms with van der Waals surface area (Å²) >= 11 is 3.11. The highest BCUT2D eigenvalue weighted by atomic mass is 79.9. The summed E-state index contributed by atoms with van der Waals surface area (Å²) in [4.78, 5) is 4.14. The Morgan fingerprint density at radius 1 is 1.58 bits per heavy atom. The molecule has 0 aliphatic heterocycles. The molecule has 2 rings (SSSR count). The van der Waals surface area contributed by atoms with Gasteiger partial charge in [0.1, 0.15) is 4.60 Å². The third-order valence-corrected chi connectivity index (χ3v) is 2.64. The van der Waals surface area contributed by atoms with Crippen molar-refractivity contribution in [3.05, 3.63) is 27.7 Å². The van der Waals surface area contributed by atoms with Crippen LogP contribution in [0.4, 0.5) is 4.39 Å². The second kappa shape index (κ2) is 2.80. The average Bonchev–Trinajstić information content (AvgIpc) is 2.81. The topological polar surface area (TPSA) is 12.9 Å². The van der Waals surface area contributed by atoms with E-state index in [0.717, 1.165) is 5.69 Å². The summed E-state index contributed by atoms with van der Waals surface area (Å²) in [5.74, 6) is 0.347. The van der Waals surface area contributed by atoms with Gasteiger partial charge in [0, 0.05) is 11.6 Å². The van der Waals surface area contributed by atoms with Crippen LogP contribution in [-0.4, -0.2) is 4.98 Å². The molecule has 1 aromatic rings. The number of hydrogen-bond donors (Lipinski definition) is 0. The summed E-state index contributed by atoms with van der Waals surface area (Å²) < 4.78 is 13.4. The number of halogens is 2. The van der Waals surface area contributed by atoms with Crippen molar-refractivity contribution in [2.45, 2.75) is 25.7 Å². The van der Waals surface area contributed by atoms with Crippen LogP contribution in [0, 0.1) is 12.7 Å². The third-order valence-electron chi connectivity index (χ3n) is 2.11. The van der Waals surface area contributed by atoms with Crippen LogP contribution in [0.3, 0.4) is 0 Å². The first kappa shape index (κ1) is 8.17. The zero-order chi connectivity index (χ0) is 8.72. The van der Waals surface area contributed by atoms with Crippen LogP contribution in [0.2, 0.25) is 0 Å². The quantitative estimate of drug-likeness (QED) is 0.675. The smallest absolute Gasteiger partial charge is 0.158 e. The van der Waals surface area contributed by atoms with E-state index in [1.807, 2.05) is 6.07 Å². The van der Waals surface area contributed by atoms with Gasteiger partial charge in [0.05, 0.1) is 0 Å². The molecule has 64 valence electrons. The Bertz CT molecular complexity index is 297. The molecule has 0 radical (unpaired) electrons. The van der Waals surface area contributed by atoms with Crippen LogP contribution in [0.15, 0.2) is 10.7 Å². The minimum absolute atomic E-state index is 0.237. The first-order valence-electron chi connectivity index (χ1n) is 4.01. The summed E-state index contributed by atoms with van der Waals surface area (Å²) in [6.45, 7) is 1.77. The second-order valence-electron chi connectivity index (χ2n) is 3.24. The largest absolute Gasteiger partial charge is 0.243 e. The maximum Gasteiger partial charge on any atom is 0.158 e. The van der Waals surface area contributed by atoms with Crippen LogP contribution in [-0.2, 0) is 0 Å². The molecule has 1 aliphatic carbocycles. The molecule has 0 bridgehead atoms. The molecule has 1 saturated carbocycles. The molecule has 0 aromatic carbocycles. The van der Waals surface area contributed by atoms with Crippen LogP contribution >= 0.6 is 15.9 Å². The number of nitrogens with zero attached hydrogens (tertiary/aromatic N) is 1.